The smallest absolute Gasteiger partial charge is 0.124 e. The second-order valence-electron chi connectivity index (χ2n) is 2.42. The molecule has 2 heteroatoms. The summed E-state index contributed by atoms with van der Waals surface area (Å²) in [5.41, 5.74) is 0. The van der Waals surface area contributed by atoms with E-state index in [0.29, 0.717) is 0 Å². The van der Waals surface area contributed by atoms with Crippen LogP contribution in [0.1, 0.15) is 4.88 Å². The Labute approximate surface area is 68.3 Å². The number of hydrogen-bond donors (Lipinski definition) is 0. The third-order valence-electron chi connectivity index (χ3n) is 1.52. The lowest BCUT2D eigenvalue weighted by atomic mass is 10.2. The molecular weight excluding hydrogens is 159 g/mol. The van der Waals surface area contributed by atoms with Crippen molar-refractivity contribution in [2.24, 2.45) is 0 Å². The van der Waals surface area contributed by atoms with E-state index in [-0.39, 0.29) is 5.82 Å². The molecule has 1 heterocycles. The van der Waals surface area contributed by atoms with Gasteiger partial charge in [0.25, 0.3) is 0 Å². The van der Waals surface area contributed by atoms with Crippen LogP contribution >= 0.6 is 11.3 Å². The molecule has 0 N–H and O–H groups in total. The maximum atomic E-state index is 12.6. The van der Waals surface area contributed by atoms with E-state index < -0.39 is 0 Å². The number of thiophene rings is 1. The van der Waals surface area contributed by atoms with Crippen LogP contribution in [0.4, 0.5) is 4.39 Å². The van der Waals surface area contributed by atoms with Gasteiger partial charge in [-0.15, -0.1) is 11.3 Å². The predicted molar refractivity (Wildman–Crippen MR) is 45.4 cm³/mol. The minimum atomic E-state index is -0.173. The molecule has 0 nitrogen and oxygen atoms in total. The molecule has 0 unspecified atom stereocenters. The van der Waals surface area contributed by atoms with Crippen molar-refractivity contribution < 1.29 is 4.39 Å². The van der Waals surface area contributed by atoms with E-state index in [2.05, 4.69) is 6.07 Å². The molecule has 0 fully saturated rings. The number of fused-ring (bicyclic) bond motifs is 1. The first-order valence-electron chi connectivity index (χ1n) is 3.34. The van der Waals surface area contributed by atoms with Crippen LogP contribution in [0, 0.1) is 18.8 Å². The molecule has 0 saturated heterocycles. The van der Waals surface area contributed by atoms with Gasteiger partial charge in [0.1, 0.15) is 5.82 Å². The third-order valence-corrected chi connectivity index (χ3v) is 2.48. The Morgan fingerprint density at radius 2 is 2.27 bits per heavy atom. The second-order valence-corrected chi connectivity index (χ2v) is 3.68. The summed E-state index contributed by atoms with van der Waals surface area (Å²) in [4.78, 5) is 1.10. The first-order valence-corrected chi connectivity index (χ1v) is 4.15. The van der Waals surface area contributed by atoms with Crippen molar-refractivity contribution in [1.82, 2.24) is 0 Å². The van der Waals surface area contributed by atoms with E-state index >= 15 is 0 Å². The van der Waals surface area contributed by atoms with Gasteiger partial charge >= 0.3 is 0 Å². The first-order chi connectivity index (χ1) is 5.25. The zero-order chi connectivity index (χ0) is 7.84. The number of benzene rings is 1. The van der Waals surface area contributed by atoms with Crippen LogP contribution in [0.2, 0.25) is 0 Å². The minimum Gasteiger partial charge on any atom is -0.207 e. The zero-order valence-electron chi connectivity index (χ0n) is 6.02. The van der Waals surface area contributed by atoms with Crippen LogP contribution < -0.4 is 0 Å². The molecule has 0 amide bonds. The number of halogens is 1. The van der Waals surface area contributed by atoms with Crippen molar-refractivity contribution in [3.63, 3.8) is 0 Å². The molecule has 0 atom stereocenters. The first kappa shape index (κ1) is 6.80. The average molecular weight is 165 g/mol. The molecular formula is C9H6FS. The molecule has 11 heavy (non-hydrogen) atoms. The Morgan fingerprint density at radius 1 is 1.45 bits per heavy atom. The van der Waals surface area contributed by atoms with Gasteiger partial charge in [-0.2, -0.15) is 0 Å². The van der Waals surface area contributed by atoms with Gasteiger partial charge in [-0.25, -0.2) is 4.39 Å². The van der Waals surface area contributed by atoms with Crippen molar-refractivity contribution in [1.29, 1.82) is 0 Å². The molecule has 1 aromatic heterocycles. The highest BCUT2D eigenvalue weighted by atomic mass is 32.1. The quantitative estimate of drug-likeness (QED) is 0.562. The van der Waals surface area contributed by atoms with E-state index in [4.69, 9.17) is 0 Å². The Hall–Kier alpha value is -0.890. The monoisotopic (exact) mass is 165 g/mol. The number of rotatable bonds is 0. The highest BCUT2D eigenvalue weighted by Gasteiger charge is 1.98. The summed E-state index contributed by atoms with van der Waals surface area (Å²) in [6.07, 6.45) is 0. The summed E-state index contributed by atoms with van der Waals surface area (Å²) in [5, 5.41) is 1.01. The molecule has 2 rings (SSSR count). The summed E-state index contributed by atoms with van der Waals surface area (Å²) in [6, 6.07) is 7.90. The maximum Gasteiger partial charge on any atom is 0.124 e. The maximum absolute atomic E-state index is 12.6. The van der Waals surface area contributed by atoms with Crippen LogP contribution in [-0.4, -0.2) is 0 Å². The molecule has 55 valence electrons. The van der Waals surface area contributed by atoms with Gasteiger partial charge in [-0.3, -0.25) is 0 Å². The second kappa shape index (κ2) is 2.31. The summed E-state index contributed by atoms with van der Waals surface area (Å²) in [7, 11) is 0. The minimum absolute atomic E-state index is 0.173. The van der Waals surface area contributed by atoms with Crippen molar-refractivity contribution in [2.45, 2.75) is 6.92 Å². The number of hydrogen-bond acceptors (Lipinski definition) is 1. The van der Waals surface area contributed by atoms with Gasteiger partial charge in [-0.05, 0) is 25.1 Å². The fraction of sp³-hybridized carbons (Fsp3) is 0.111. The fourth-order valence-electron chi connectivity index (χ4n) is 1.06. The van der Waals surface area contributed by atoms with Gasteiger partial charge in [-0.1, -0.05) is 0 Å². The molecule has 0 bridgehead atoms. The van der Waals surface area contributed by atoms with Gasteiger partial charge in [0.15, 0.2) is 0 Å². The molecule has 0 aliphatic rings. The van der Waals surface area contributed by atoms with Crippen molar-refractivity contribution >= 4 is 21.4 Å². The SMILES string of the molecule is Cc1[c]c2ccc(F)cc2s1. The zero-order valence-corrected chi connectivity index (χ0v) is 6.83. The molecule has 1 radical (unpaired) electrons. The van der Waals surface area contributed by atoms with Gasteiger partial charge < -0.3 is 0 Å². The Bertz CT molecular complexity index is 389. The van der Waals surface area contributed by atoms with Crippen molar-refractivity contribution in [2.75, 3.05) is 0 Å². The molecule has 1 aromatic carbocycles. The summed E-state index contributed by atoms with van der Waals surface area (Å²) in [6.45, 7) is 1.97. The molecule has 0 aliphatic carbocycles. The topological polar surface area (TPSA) is 0 Å². The van der Waals surface area contributed by atoms with Gasteiger partial charge in [0.2, 0.25) is 0 Å². The van der Waals surface area contributed by atoms with E-state index in [1.807, 2.05) is 6.92 Å². The Morgan fingerprint density at radius 3 is 3.09 bits per heavy atom. The van der Waals surface area contributed by atoms with E-state index in [1.54, 1.807) is 23.5 Å². The predicted octanol–water partition coefficient (Wildman–Crippen LogP) is 3.15. The molecule has 0 aliphatic heterocycles. The van der Waals surface area contributed by atoms with Crippen LogP contribution in [0.3, 0.4) is 0 Å². The van der Waals surface area contributed by atoms with Crippen LogP contribution in [0.5, 0.6) is 0 Å². The average Bonchev–Trinajstić information content (AvgIpc) is 2.27. The summed E-state index contributed by atoms with van der Waals surface area (Å²) in [5.74, 6) is -0.173. The Kier molecular flexibility index (Phi) is 1.43. The van der Waals surface area contributed by atoms with Crippen LogP contribution in [-0.2, 0) is 0 Å². The highest BCUT2D eigenvalue weighted by molar-refractivity contribution is 7.18. The van der Waals surface area contributed by atoms with Crippen LogP contribution in [0.25, 0.3) is 10.1 Å². The summed E-state index contributed by atoms with van der Waals surface area (Å²) < 4.78 is 13.6. The van der Waals surface area contributed by atoms with E-state index in [0.717, 1.165) is 15.0 Å². The molecule has 2 aromatic rings. The normalized spacial score (nSPS) is 10.7. The number of aryl methyl sites for hydroxylation is 1. The van der Waals surface area contributed by atoms with Crippen molar-refractivity contribution in [3.05, 3.63) is 35.0 Å². The molecule has 0 saturated carbocycles. The largest absolute Gasteiger partial charge is 0.207 e. The Balaban J connectivity index is 2.82. The lowest BCUT2D eigenvalue weighted by Crippen LogP contribution is -1.68. The van der Waals surface area contributed by atoms with E-state index in [1.165, 1.54) is 6.07 Å². The fourth-order valence-corrected chi connectivity index (χ4v) is 1.96. The third kappa shape index (κ3) is 1.14. The van der Waals surface area contributed by atoms with Crippen LogP contribution in [0.15, 0.2) is 18.2 Å². The highest BCUT2D eigenvalue weighted by Crippen LogP contribution is 2.24. The lowest BCUT2D eigenvalue weighted by molar-refractivity contribution is 0.630. The van der Waals surface area contributed by atoms with Gasteiger partial charge in [0, 0.05) is 21.0 Å². The summed E-state index contributed by atoms with van der Waals surface area (Å²) >= 11 is 1.57. The van der Waals surface area contributed by atoms with E-state index in [9.17, 15) is 4.39 Å². The molecule has 0 spiro atoms. The van der Waals surface area contributed by atoms with Crippen molar-refractivity contribution in [3.8, 4) is 0 Å². The van der Waals surface area contributed by atoms with Gasteiger partial charge in [0.05, 0.1) is 0 Å². The standard InChI is InChI=1S/C9H6FS/c1-6-4-7-2-3-8(10)5-9(7)11-6/h2-3,5H,1H3. The lowest BCUT2D eigenvalue weighted by Gasteiger charge is -1.86.